The Hall–Kier alpha value is -8.24. The lowest BCUT2D eigenvalue weighted by Crippen LogP contribution is -2.00. The topological polar surface area (TPSA) is 94.1 Å². The van der Waals surface area contributed by atoms with Crippen molar-refractivity contribution in [2.45, 2.75) is 0 Å². The van der Waals surface area contributed by atoms with E-state index in [1.165, 1.54) is 0 Å². The normalized spacial score (nSPS) is 11.2. The average Bonchev–Trinajstić information content (AvgIpc) is 3.78. The fourth-order valence-corrected chi connectivity index (χ4v) is 8.19. The lowest BCUT2D eigenvalue weighted by molar-refractivity contribution is 1.14. The number of rotatable bonds is 5. The van der Waals surface area contributed by atoms with Crippen LogP contribution in [0.2, 0.25) is 0 Å². The molecular weight excluding hydrogens is 685 g/mol. The first-order valence-corrected chi connectivity index (χ1v) is 18.2. The van der Waals surface area contributed by atoms with E-state index >= 15 is 0 Å². The zero-order valence-electron chi connectivity index (χ0n) is 29.8. The largest absolute Gasteiger partial charge is 0.309 e. The molecule has 10 rings (SSSR count). The van der Waals surface area contributed by atoms with Crippen LogP contribution in [0.3, 0.4) is 0 Å². The minimum atomic E-state index is 0.536. The van der Waals surface area contributed by atoms with E-state index in [0.717, 1.165) is 88.5 Å². The van der Waals surface area contributed by atoms with Gasteiger partial charge in [0, 0.05) is 39.0 Å². The fraction of sp³-hybridized carbons (Fsp3) is 0. The number of hydrogen-bond acceptors (Lipinski definition) is 4. The molecule has 0 amide bonds. The first-order chi connectivity index (χ1) is 27.6. The van der Waals surface area contributed by atoms with Crippen molar-refractivity contribution < 1.29 is 0 Å². The molecule has 6 heteroatoms. The fourth-order valence-electron chi connectivity index (χ4n) is 8.19. The van der Waals surface area contributed by atoms with E-state index in [1.54, 1.807) is 0 Å². The summed E-state index contributed by atoms with van der Waals surface area (Å²) in [7, 11) is 0. The van der Waals surface area contributed by atoms with Crippen LogP contribution >= 0.6 is 0 Å². The summed E-state index contributed by atoms with van der Waals surface area (Å²) in [6.45, 7) is 0. The number of aromatic nitrogens is 3. The van der Waals surface area contributed by atoms with E-state index in [9.17, 15) is 15.8 Å². The van der Waals surface area contributed by atoms with Gasteiger partial charge in [-0.3, -0.25) is 4.98 Å². The summed E-state index contributed by atoms with van der Waals surface area (Å²) in [5, 5.41) is 34.1. The molecule has 0 atom stereocenters. The molecule has 0 aliphatic carbocycles. The molecule has 3 heterocycles. The highest BCUT2D eigenvalue weighted by Crippen LogP contribution is 2.40. The number of pyridine rings is 1. The monoisotopic (exact) mass is 712 g/mol. The Morgan fingerprint density at radius 3 is 1.55 bits per heavy atom. The van der Waals surface area contributed by atoms with E-state index in [2.05, 4.69) is 100 Å². The van der Waals surface area contributed by atoms with Crippen molar-refractivity contribution >= 4 is 43.6 Å². The number of fused-ring (bicyclic) bond motifs is 6. The Labute approximate surface area is 322 Å². The number of nitriles is 3. The number of nitrogens with zero attached hydrogens (tertiary/aromatic N) is 6. The molecule has 0 bridgehead atoms. The average molecular weight is 713 g/mol. The predicted octanol–water partition coefficient (Wildman–Crippen LogP) is 11.9. The van der Waals surface area contributed by atoms with Crippen molar-refractivity contribution in [3.8, 4) is 63.1 Å². The van der Waals surface area contributed by atoms with Crippen molar-refractivity contribution in [2.75, 3.05) is 0 Å². The summed E-state index contributed by atoms with van der Waals surface area (Å²) >= 11 is 0. The first-order valence-electron chi connectivity index (χ1n) is 18.2. The number of benzene rings is 7. The minimum Gasteiger partial charge on any atom is -0.309 e. The quantitative estimate of drug-likeness (QED) is 0.177. The summed E-state index contributed by atoms with van der Waals surface area (Å²) in [5.41, 5.74) is 13.0. The maximum atomic E-state index is 10.1. The molecule has 6 nitrogen and oxygen atoms in total. The Balaban J connectivity index is 1.17. The number of para-hydroxylation sites is 2. The Morgan fingerprint density at radius 1 is 0.411 bits per heavy atom. The second-order valence-electron chi connectivity index (χ2n) is 13.7. The highest BCUT2D eigenvalue weighted by molar-refractivity contribution is 6.12. The summed E-state index contributed by atoms with van der Waals surface area (Å²) in [6, 6.07) is 61.7. The molecule has 3 aromatic heterocycles. The van der Waals surface area contributed by atoms with Crippen LogP contribution in [0.25, 0.3) is 88.5 Å². The van der Waals surface area contributed by atoms with Gasteiger partial charge in [-0.2, -0.15) is 15.8 Å². The summed E-state index contributed by atoms with van der Waals surface area (Å²) < 4.78 is 4.50. The molecule has 0 fully saturated rings. The van der Waals surface area contributed by atoms with E-state index in [-0.39, 0.29) is 0 Å². The molecule has 0 saturated carbocycles. The van der Waals surface area contributed by atoms with Gasteiger partial charge >= 0.3 is 0 Å². The van der Waals surface area contributed by atoms with E-state index in [1.807, 2.05) is 97.2 Å². The minimum absolute atomic E-state index is 0.536. The maximum absolute atomic E-state index is 10.1. The zero-order chi connectivity index (χ0) is 37.8. The van der Waals surface area contributed by atoms with Crippen molar-refractivity contribution in [3.05, 3.63) is 187 Å². The van der Waals surface area contributed by atoms with Crippen LogP contribution in [-0.2, 0) is 0 Å². The second-order valence-corrected chi connectivity index (χ2v) is 13.7. The molecule has 0 saturated heterocycles. The van der Waals surface area contributed by atoms with Gasteiger partial charge in [0.25, 0.3) is 0 Å². The standard InChI is InChI=1S/C50H28N6/c51-29-32-17-20-50(56-47-16-8-6-14-41(47)43-27-34(19-22-49(43)56)39-12-4-2-10-36(39)31-53)44(25-32)45-28-37(23-24-54-45)55-46-15-7-5-13-40(46)42-26-33(18-21-48(42)55)38-11-3-1-9-35(38)30-52/h1-28H. The molecule has 258 valence electrons. The third-order valence-corrected chi connectivity index (χ3v) is 10.7. The smallest absolute Gasteiger partial charge is 0.0998 e. The van der Waals surface area contributed by atoms with E-state index in [0.29, 0.717) is 16.7 Å². The van der Waals surface area contributed by atoms with Crippen LogP contribution in [0, 0.1) is 34.0 Å². The van der Waals surface area contributed by atoms with Gasteiger partial charge in [-0.25, -0.2) is 0 Å². The molecule has 0 N–H and O–H groups in total. The molecular formula is C50H28N6. The Kier molecular flexibility index (Phi) is 7.53. The SMILES string of the molecule is N#Cc1ccc(-n2c3ccccc3c3cc(-c4ccccc4C#N)ccc32)c(-c2cc(-n3c4ccccc4c4cc(-c5ccccc5C#N)ccc43)ccn2)c1. The van der Waals surface area contributed by atoms with Crippen LogP contribution in [-0.4, -0.2) is 14.1 Å². The van der Waals surface area contributed by atoms with Gasteiger partial charge in [-0.15, -0.1) is 0 Å². The molecule has 0 aliphatic heterocycles. The summed E-state index contributed by atoms with van der Waals surface area (Å²) in [5.74, 6) is 0. The molecule has 7 aromatic carbocycles. The summed E-state index contributed by atoms with van der Waals surface area (Å²) in [6.07, 6.45) is 1.83. The van der Waals surface area contributed by atoms with Gasteiger partial charge in [0.15, 0.2) is 0 Å². The number of hydrogen-bond donors (Lipinski definition) is 0. The Bertz CT molecular complexity index is 3360. The van der Waals surface area contributed by atoms with Crippen molar-refractivity contribution in [1.29, 1.82) is 15.8 Å². The van der Waals surface area contributed by atoms with Crippen LogP contribution in [0.1, 0.15) is 16.7 Å². The third-order valence-electron chi connectivity index (χ3n) is 10.7. The van der Waals surface area contributed by atoms with Crippen LogP contribution in [0.4, 0.5) is 0 Å². The highest BCUT2D eigenvalue weighted by Gasteiger charge is 2.20. The van der Waals surface area contributed by atoms with Crippen molar-refractivity contribution in [3.63, 3.8) is 0 Å². The molecule has 56 heavy (non-hydrogen) atoms. The zero-order valence-corrected chi connectivity index (χ0v) is 29.8. The van der Waals surface area contributed by atoms with Gasteiger partial charge in [-0.05, 0) is 101 Å². The predicted molar refractivity (Wildman–Crippen MR) is 223 cm³/mol. The molecule has 0 unspecified atom stereocenters. The maximum Gasteiger partial charge on any atom is 0.0998 e. The molecule has 10 aromatic rings. The molecule has 0 spiro atoms. The van der Waals surface area contributed by atoms with E-state index < -0.39 is 0 Å². The van der Waals surface area contributed by atoms with Gasteiger partial charge in [0.2, 0.25) is 0 Å². The lowest BCUT2D eigenvalue weighted by Gasteiger charge is -2.15. The second kappa shape index (κ2) is 13.0. The molecule has 0 aliphatic rings. The van der Waals surface area contributed by atoms with Gasteiger partial charge in [-0.1, -0.05) is 84.9 Å². The summed E-state index contributed by atoms with van der Waals surface area (Å²) in [4.78, 5) is 4.93. The first kappa shape index (κ1) is 32.4. The third kappa shape index (κ3) is 5.05. The van der Waals surface area contributed by atoms with Gasteiger partial charge in [0.1, 0.15) is 0 Å². The molecule has 0 radical (unpaired) electrons. The van der Waals surface area contributed by atoms with Gasteiger partial charge < -0.3 is 9.13 Å². The van der Waals surface area contributed by atoms with Crippen LogP contribution < -0.4 is 0 Å². The van der Waals surface area contributed by atoms with Gasteiger partial charge in [0.05, 0.1) is 68.3 Å². The van der Waals surface area contributed by atoms with E-state index in [4.69, 9.17) is 4.98 Å². The Morgan fingerprint density at radius 2 is 0.946 bits per heavy atom. The lowest BCUT2D eigenvalue weighted by atomic mass is 9.98. The highest BCUT2D eigenvalue weighted by atomic mass is 15.0. The van der Waals surface area contributed by atoms with Crippen molar-refractivity contribution in [2.24, 2.45) is 0 Å². The van der Waals surface area contributed by atoms with Crippen LogP contribution in [0.15, 0.2) is 170 Å². The van der Waals surface area contributed by atoms with Crippen LogP contribution in [0.5, 0.6) is 0 Å². The van der Waals surface area contributed by atoms with Crippen molar-refractivity contribution in [1.82, 2.24) is 14.1 Å².